The second kappa shape index (κ2) is 4.51. The Kier molecular flexibility index (Phi) is 3.32. The number of rotatable bonds is 3. The van der Waals surface area contributed by atoms with E-state index in [1.807, 2.05) is 43.3 Å². The Morgan fingerprint density at radius 2 is 1.85 bits per heavy atom. The molecule has 13 heavy (non-hydrogen) atoms. The van der Waals surface area contributed by atoms with Gasteiger partial charge in [-0.1, -0.05) is 43.0 Å². The van der Waals surface area contributed by atoms with Gasteiger partial charge in [0.1, 0.15) is 0 Å². The Bertz CT molecular complexity index is 296. The fraction of sp³-hybridized carbons (Fsp3) is 0.167. The van der Waals surface area contributed by atoms with E-state index in [9.17, 15) is 0 Å². The third-order valence-electron chi connectivity index (χ3n) is 1.72. The first-order valence-corrected chi connectivity index (χ1v) is 4.30. The van der Waals surface area contributed by atoms with Gasteiger partial charge in [0.2, 0.25) is 0 Å². The lowest BCUT2D eigenvalue weighted by Gasteiger charge is -2.08. The summed E-state index contributed by atoms with van der Waals surface area (Å²) in [6.07, 6.45) is 3.93. The van der Waals surface area contributed by atoms with Gasteiger partial charge in [0.25, 0.3) is 0 Å². The molecule has 0 heterocycles. The molecule has 0 amide bonds. The van der Waals surface area contributed by atoms with Crippen LogP contribution in [0.15, 0.2) is 49.2 Å². The first-order chi connectivity index (χ1) is 6.24. The van der Waals surface area contributed by atoms with Crippen molar-refractivity contribution in [2.45, 2.75) is 0 Å². The zero-order valence-electron chi connectivity index (χ0n) is 8.20. The molecular weight excluding hydrogens is 158 g/mol. The van der Waals surface area contributed by atoms with E-state index in [0.717, 1.165) is 5.57 Å². The van der Waals surface area contributed by atoms with E-state index in [1.165, 1.54) is 5.56 Å². The molecule has 0 aromatic heterocycles. The SMILES string of the molecule is C=C/C(=C\N(C)C)c1ccccc1. The van der Waals surface area contributed by atoms with Crippen LogP contribution < -0.4 is 0 Å². The molecule has 0 aliphatic carbocycles. The van der Waals surface area contributed by atoms with Crippen LogP contribution in [0.5, 0.6) is 0 Å². The Morgan fingerprint density at radius 3 is 2.31 bits per heavy atom. The van der Waals surface area contributed by atoms with Gasteiger partial charge < -0.3 is 4.90 Å². The minimum absolute atomic E-state index is 1.14. The highest BCUT2D eigenvalue weighted by molar-refractivity contribution is 5.72. The molecule has 0 atom stereocenters. The summed E-state index contributed by atoms with van der Waals surface area (Å²) in [6.45, 7) is 3.80. The van der Waals surface area contributed by atoms with Crippen molar-refractivity contribution in [1.82, 2.24) is 4.90 Å². The highest BCUT2D eigenvalue weighted by Crippen LogP contribution is 2.14. The lowest BCUT2D eigenvalue weighted by Crippen LogP contribution is -2.01. The molecule has 1 aromatic rings. The molecule has 0 aliphatic heterocycles. The van der Waals surface area contributed by atoms with E-state index in [2.05, 4.69) is 24.9 Å². The Hall–Kier alpha value is -1.50. The van der Waals surface area contributed by atoms with Crippen LogP contribution in [0.1, 0.15) is 5.56 Å². The van der Waals surface area contributed by atoms with E-state index in [1.54, 1.807) is 0 Å². The van der Waals surface area contributed by atoms with Crippen LogP contribution in [0.25, 0.3) is 5.57 Å². The quantitative estimate of drug-likeness (QED) is 0.635. The molecule has 0 saturated carbocycles. The molecule has 1 rings (SSSR count). The second-order valence-electron chi connectivity index (χ2n) is 3.12. The van der Waals surface area contributed by atoms with Crippen LogP contribution >= 0.6 is 0 Å². The van der Waals surface area contributed by atoms with Gasteiger partial charge in [-0.25, -0.2) is 0 Å². The summed E-state index contributed by atoms with van der Waals surface area (Å²) in [5.74, 6) is 0. The van der Waals surface area contributed by atoms with Crippen molar-refractivity contribution in [3.05, 3.63) is 54.8 Å². The molecule has 0 N–H and O–H groups in total. The third-order valence-corrected chi connectivity index (χ3v) is 1.72. The maximum absolute atomic E-state index is 3.80. The normalized spacial score (nSPS) is 11.1. The number of benzene rings is 1. The van der Waals surface area contributed by atoms with Crippen molar-refractivity contribution in [2.75, 3.05) is 14.1 Å². The van der Waals surface area contributed by atoms with E-state index < -0.39 is 0 Å². The van der Waals surface area contributed by atoms with Crippen molar-refractivity contribution in [1.29, 1.82) is 0 Å². The van der Waals surface area contributed by atoms with Gasteiger partial charge in [-0.15, -0.1) is 0 Å². The van der Waals surface area contributed by atoms with Gasteiger partial charge >= 0.3 is 0 Å². The van der Waals surface area contributed by atoms with Gasteiger partial charge in [0, 0.05) is 20.3 Å². The minimum Gasteiger partial charge on any atom is -0.383 e. The van der Waals surface area contributed by atoms with E-state index in [4.69, 9.17) is 0 Å². The predicted molar refractivity (Wildman–Crippen MR) is 58.3 cm³/mol. The molecule has 0 bridgehead atoms. The third kappa shape index (κ3) is 2.79. The fourth-order valence-corrected chi connectivity index (χ4v) is 1.15. The molecule has 0 spiro atoms. The highest BCUT2D eigenvalue weighted by atomic mass is 15.0. The van der Waals surface area contributed by atoms with E-state index in [-0.39, 0.29) is 0 Å². The molecule has 0 saturated heterocycles. The van der Waals surface area contributed by atoms with Crippen LogP contribution in [0.2, 0.25) is 0 Å². The molecule has 68 valence electrons. The summed E-state index contributed by atoms with van der Waals surface area (Å²) in [5, 5.41) is 0. The minimum atomic E-state index is 1.14. The van der Waals surface area contributed by atoms with Crippen molar-refractivity contribution >= 4 is 5.57 Å². The van der Waals surface area contributed by atoms with Crippen molar-refractivity contribution in [3.8, 4) is 0 Å². The molecule has 1 nitrogen and oxygen atoms in total. The average Bonchev–Trinajstić information content (AvgIpc) is 2.15. The lowest BCUT2D eigenvalue weighted by molar-refractivity contribution is 0.566. The van der Waals surface area contributed by atoms with Crippen LogP contribution in [-0.2, 0) is 0 Å². The number of hydrogen-bond acceptors (Lipinski definition) is 1. The van der Waals surface area contributed by atoms with Gasteiger partial charge in [-0.2, -0.15) is 0 Å². The summed E-state index contributed by atoms with van der Waals surface area (Å²) in [6, 6.07) is 10.2. The molecule has 0 aliphatic rings. The smallest absolute Gasteiger partial charge is 0.00645 e. The number of nitrogens with zero attached hydrogens (tertiary/aromatic N) is 1. The van der Waals surface area contributed by atoms with Gasteiger partial charge in [-0.05, 0) is 11.1 Å². The maximum atomic E-state index is 3.80. The maximum Gasteiger partial charge on any atom is 0.00645 e. The average molecular weight is 173 g/mol. The zero-order chi connectivity index (χ0) is 9.68. The Morgan fingerprint density at radius 1 is 1.23 bits per heavy atom. The highest BCUT2D eigenvalue weighted by Gasteiger charge is 1.95. The topological polar surface area (TPSA) is 3.24 Å². The lowest BCUT2D eigenvalue weighted by atomic mass is 10.1. The van der Waals surface area contributed by atoms with Gasteiger partial charge in [0.05, 0.1) is 0 Å². The predicted octanol–water partition coefficient (Wildman–Crippen LogP) is 2.78. The zero-order valence-corrected chi connectivity index (χ0v) is 8.20. The van der Waals surface area contributed by atoms with Crippen molar-refractivity contribution in [3.63, 3.8) is 0 Å². The van der Waals surface area contributed by atoms with Gasteiger partial charge in [-0.3, -0.25) is 0 Å². The Balaban J connectivity index is 2.98. The molecular formula is C12H15N. The van der Waals surface area contributed by atoms with Crippen molar-refractivity contribution < 1.29 is 0 Å². The fourth-order valence-electron chi connectivity index (χ4n) is 1.15. The largest absolute Gasteiger partial charge is 0.383 e. The summed E-state index contributed by atoms with van der Waals surface area (Å²) >= 11 is 0. The standard InChI is InChI=1S/C12H15N/c1-4-11(10-13(2)3)12-8-6-5-7-9-12/h4-10H,1H2,2-3H3/b11-10+. The first kappa shape index (κ1) is 9.59. The summed E-state index contributed by atoms with van der Waals surface area (Å²) in [4.78, 5) is 2.02. The van der Waals surface area contributed by atoms with Crippen molar-refractivity contribution in [2.24, 2.45) is 0 Å². The van der Waals surface area contributed by atoms with Gasteiger partial charge in [0.15, 0.2) is 0 Å². The van der Waals surface area contributed by atoms with E-state index in [0.29, 0.717) is 0 Å². The first-order valence-electron chi connectivity index (χ1n) is 4.30. The van der Waals surface area contributed by atoms with Crippen LogP contribution in [0.4, 0.5) is 0 Å². The number of hydrogen-bond donors (Lipinski definition) is 0. The summed E-state index contributed by atoms with van der Waals surface area (Å²) in [7, 11) is 4.01. The van der Waals surface area contributed by atoms with Crippen LogP contribution in [0, 0.1) is 0 Å². The molecule has 0 unspecified atom stereocenters. The second-order valence-corrected chi connectivity index (χ2v) is 3.12. The summed E-state index contributed by atoms with van der Waals surface area (Å²) < 4.78 is 0. The molecule has 0 fully saturated rings. The Labute approximate surface area is 80.0 Å². The molecule has 1 aromatic carbocycles. The molecule has 1 heteroatoms. The molecule has 0 radical (unpaired) electrons. The summed E-state index contributed by atoms with van der Waals surface area (Å²) in [5.41, 5.74) is 2.34. The monoisotopic (exact) mass is 173 g/mol. The number of allylic oxidation sites excluding steroid dienone is 2. The van der Waals surface area contributed by atoms with Crippen LogP contribution in [-0.4, -0.2) is 19.0 Å². The van der Waals surface area contributed by atoms with Crippen LogP contribution in [0.3, 0.4) is 0 Å². The van der Waals surface area contributed by atoms with E-state index >= 15 is 0 Å².